The van der Waals surface area contributed by atoms with Crippen molar-refractivity contribution in [1.29, 1.82) is 0 Å². The number of aromatic nitrogens is 2. The normalized spacial score (nSPS) is 14.2. The number of pyridine rings is 2. The van der Waals surface area contributed by atoms with E-state index in [1.165, 1.54) is 4.90 Å². The number of hydrogen-bond acceptors (Lipinski definition) is 10. The largest absolute Gasteiger partial charge is 0.490 e. The summed E-state index contributed by atoms with van der Waals surface area (Å²) in [6, 6.07) is 8.38. The van der Waals surface area contributed by atoms with Crippen LogP contribution in [0.3, 0.4) is 0 Å². The summed E-state index contributed by atoms with van der Waals surface area (Å²) in [7, 11) is 1.63. The van der Waals surface area contributed by atoms with E-state index in [1.807, 2.05) is 12.1 Å². The van der Waals surface area contributed by atoms with Gasteiger partial charge in [-0.15, -0.1) is 0 Å². The quantitative estimate of drug-likeness (QED) is 0.122. The number of rotatable bonds is 10. The smallest absolute Gasteiger partial charge is 0.475 e. The number of aliphatic carboxylic acids is 2. The minimum absolute atomic E-state index is 0.112. The van der Waals surface area contributed by atoms with Crippen LogP contribution in [-0.4, -0.2) is 106 Å². The molecule has 14 nitrogen and oxygen atoms in total. The number of halogens is 7. The van der Waals surface area contributed by atoms with Gasteiger partial charge < -0.3 is 31.1 Å². The summed E-state index contributed by atoms with van der Waals surface area (Å²) in [5.74, 6) is -4.99. The maximum absolute atomic E-state index is 12.5. The second-order valence-electron chi connectivity index (χ2n) is 8.79. The van der Waals surface area contributed by atoms with Crippen LogP contribution in [0, 0.1) is 0 Å². The molecule has 2 aromatic heterocycles. The van der Waals surface area contributed by atoms with Crippen LogP contribution >= 0.6 is 11.6 Å². The molecule has 0 aliphatic carbocycles. The van der Waals surface area contributed by atoms with Gasteiger partial charge in [-0.1, -0.05) is 17.7 Å². The van der Waals surface area contributed by atoms with E-state index >= 15 is 0 Å². The lowest BCUT2D eigenvalue weighted by Gasteiger charge is -2.29. The van der Waals surface area contributed by atoms with Crippen LogP contribution in [0.2, 0.25) is 5.15 Å². The van der Waals surface area contributed by atoms with Crippen LogP contribution in [0.4, 0.5) is 37.8 Å². The zero-order valence-electron chi connectivity index (χ0n) is 23.8. The van der Waals surface area contributed by atoms with Gasteiger partial charge in [0.2, 0.25) is 11.9 Å². The molecule has 0 radical (unpaired) electrons. The van der Waals surface area contributed by atoms with Gasteiger partial charge in [0, 0.05) is 32.8 Å². The number of nitrogens with one attached hydrogen (secondary N) is 4. The number of anilines is 2. The van der Waals surface area contributed by atoms with Crippen molar-refractivity contribution in [3.8, 4) is 0 Å². The Morgan fingerprint density at radius 1 is 1.00 bits per heavy atom. The number of carbonyl (C=O) groups is 4. The maximum Gasteiger partial charge on any atom is 0.490 e. The third kappa shape index (κ3) is 15.8. The molecular weight excluding hydrogens is 658 g/mol. The lowest BCUT2D eigenvalue weighted by atomic mass is 10.2. The molecule has 3 rings (SSSR count). The summed E-state index contributed by atoms with van der Waals surface area (Å²) in [6.45, 7) is 2.28. The summed E-state index contributed by atoms with van der Waals surface area (Å²) >= 11 is 5.76. The summed E-state index contributed by atoms with van der Waals surface area (Å²) < 4.78 is 63.5. The lowest BCUT2D eigenvalue weighted by Crippen LogP contribution is -2.55. The van der Waals surface area contributed by atoms with Gasteiger partial charge in [-0.2, -0.15) is 26.3 Å². The first-order valence-corrected chi connectivity index (χ1v) is 13.2. The van der Waals surface area contributed by atoms with E-state index in [0.717, 1.165) is 25.2 Å². The standard InChI is InChI=1S/C21H27ClN8O2.2C2HF3O2/c1-30(16-14-27-21(29-20(16)32)28-18-5-2-3-10-25-18)19(31)8-12-23-9-4-11-24-15-6-7-17(22)26-13-15;2*3-2(4,5)1(6)7/h2-3,5-7,10,13,16,23-24H,4,8-9,11-12,14H2,1H3,(H2,25,27,28,29,32);2*(H,6,7). The van der Waals surface area contributed by atoms with E-state index in [2.05, 4.69) is 36.2 Å². The molecule has 1 aliphatic rings. The van der Waals surface area contributed by atoms with Gasteiger partial charge in [0.25, 0.3) is 5.91 Å². The molecule has 6 N–H and O–H groups in total. The Hall–Kier alpha value is -4.72. The van der Waals surface area contributed by atoms with Gasteiger partial charge in [0.1, 0.15) is 17.0 Å². The number of carbonyl (C=O) groups excluding carboxylic acids is 2. The Morgan fingerprint density at radius 2 is 1.63 bits per heavy atom. The second kappa shape index (κ2) is 18.9. The molecule has 2 aromatic rings. The summed E-state index contributed by atoms with van der Waals surface area (Å²) in [5.41, 5.74) is 0.915. The van der Waals surface area contributed by atoms with Crippen molar-refractivity contribution >= 4 is 52.8 Å². The zero-order valence-corrected chi connectivity index (χ0v) is 24.6. The third-order valence-corrected chi connectivity index (χ3v) is 5.55. The van der Waals surface area contributed by atoms with E-state index in [0.29, 0.717) is 29.9 Å². The molecule has 0 saturated carbocycles. The van der Waals surface area contributed by atoms with E-state index < -0.39 is 30.3 Å². The monoisotopic (exact) mass is 686 g/mol. The van der Waals surface area contributed by atoms with Crippen LogP contribution in [0.5, 0.6) is 0 Å². The maximum atomic E-state index is 12.5. The van der Waals surface area contributed by atoms with Crippen LogP contribution < -0.4 is 21.3 Å². The fourth-order valence-corrected chi connectivity index (χ4v) is 3.14. The number of nitrogens with zero attached hydrogens (tertiary/aromatic N) is 4. The van der Waals surface area contributed by atoms with E-state index in [1.54, 1.807) is 37.6 Å². The first-order valence-electron chi connectivity index (χ1n) is 12.9. The topological polar surface area (TPSA) is 198 Å². The van der Waals surface area contributed by atoms with Crippen molar-refractivity contribution < 1.29 is 55.7 Å². The van der Waals surface area contributed by atoms with Crippen molar-refractivity contribution in [3.63, 3.8) is 0 Å². The van der Waals surface area contributed by atoms with Gasteiger partial charge in [-0.3, -0.25) is 14.9 Å². The van der Waals surface area contributed by atoms with Crippen molar-refractivity contribution in [2.24, 2.45) is 4.99 Å². The number of carboxylic acids is 2. The van der Waals surface area contributed by atoms with Crippen molar-refractivity contribution in [2.45, 2.75) is 31.2 Å². The molecule has 46 heavy (non-hydrogen) atoms. The molecule has 254 valence electrons. The Labute approximate surface area is 262 Å². The molecule has 1 atom stereocenters. The molecule has 0 fully saturated rings. The molecule has 21 heteroatoms. The highest BCUT2D eigenvalue weighted by molar-refractivity contribution is 6.29. The Balaban J connectivity index is 0.000000629. The molecular formula is C25H29ClF6N8O6. The van der Waals surface area contributed by atoms with Crippen molar-refractivity contribution in [2.75, 3.05) is 43.9 Å². The van der Waals surface area contributed by atoms with E-state index in [4.69, 9.17) is 31.4 Å². The third-order valence-electron chi connectivity index (χ3n) is 5.33. The fourth-order valence-electron chi connectivity index (χ4n) is 3.02. The van der Waals surface area contributed by atoms with Crippen molar-refractivity contribution in [3.05, 3.63) is 47.9 Å². The Bertz CT molecular complexity index is 1290. The molecule has 1 unspecified atom stereocenters. The number of likely N-dealkylation sites (N-methyl/N-ethyl adjacent to an activating group) is 1. The summed E-state index contributed by atoms with van der Waals surface area (Å²) in [6.07, 6.45) is -5.65. The molecule has 0 spiro atoms. The van der Waals surface area contributed by atoms with Gasteiger partial charge in [0.15, 0.2) is 0 Å². The van der Waals surface area contributed by atoms with E-state index in [9.17, 15) is 35.9 Å². The number of carboxylic acid groups (broad SMARTS) is 2. The first kappa shape index (κ1) is 39.3. The molecule has 1 aliphatic heterocycles. The minimum Gasteiger partial charge on any atom is -0.475 e. The summed E-state index contributed by atoms with van der Waals surface area (Å²) in [4.78, 5) is 56.6. The average Bonchev–Trinajstić information content (AvgIpc) is 2.97. The van der Waals surface area contributed by atoms with Gasteiger partial charge in [-0.05, 0) is 37.2 Å². The fraction of sp³-hybridized carbons (Fsp3) is 0.400. The predicted molar refractivity (Wildman–Crippen MR) is 152 cm³/mol. The number of aliphatic imine (C=N–C) groups is 1. The first-order chi connectivity index (χ1) is 21.4. The van der Waals surface area contributed by atoms with Crippen LogP contribution in [-0.2, 0) is 19.2 Å². The van der Waals surface area contributed by atoms with Crippen LogP contribution in [0.25, 0.3) is 0 Å². The predicted octanol–water partition coefficient (Wildman–Crippen LogP) is 2.60. The average molecular weight is 687 g/mol. The Morgan fingerprint density at radius 3 is 2.13 bits per heavy atom. The highest BCUT2D eigenvalue weighted by Gasteiger charge is 2.39. The van der Waals surface area contributed by atoms with Crippen LogP contribution in [0.1, 0.15) is 12.8 Å². The number of alkyl halides is 6. The number of guanidine groups is 1. The molecule has 0 bridgehead atoms. The molecule has 0 aromatic carbocycles. The summed E-state index contributed by atoms with van der Waals surface area (Å²) in [5, 5.41) is 26.9. The number of hydrogen-bond donors (Lipinski definition) is 6. The zero-order chi connectivity index (χ0) is 34.9. The highest BCUT2D eigenvalue weighted by atomic mass is 35.5. The molecule has 3 heterocycles. The number of amides is 2. The van der Waals surface area contributed by atoms with Gasteiger partial charge in [0.05, 0.1) is 18.4 Å². The minimum atomic E-state index is -5.08. The SMILES string of the molecule is CN(C(=O)CCNCCCNc1ccc(Cl)nc1)C1CN=C(Nc2ccccn2)NC1=O.O=C(O)C(F)(F)F.O=C(O)C(F)(F)F. The van der Waals surface area contributed by atoms with Gasteiger partial charge in [-0.25, -0.2) is 24.5 Å². The van der Waals surface area contributed by atoms with Crippen molar-refractivity contribution in [1.82, 2.24) is 25.5 Å². The van der Waals surface area contributed by atoms with Gasteiger partial charge >= 0.3 is 24.3 Å². The highest BCUT2D eigenvalue weighted by Crippen LogP contribution is 2.14. The second-order valence-corrected chi connectivity index (χ2v) is 9.18. The lowest BCUT2D eigenvalue weighted by molar-refractivity contribution is -0.193. The molecule has 2 amide bonds. The molecule has 0 saturated heterocycles. The van der Waals surface area contributed by atoms with Crippen LogP contribution in [0.15, 0.2) is 47.7 Å². The Kier molecular flexibility index (Phi) is 16.2. The van der Waals surface area contributed by atoms with E-state index in [-0.39, 0.29) is 18.4 Å².